The van der Waals surface area contributed by atoms with Gasteiger partial charge in [0, 0.05) is 24.3 Å². The van der Waals surface area contributed by atoms with Crippen LogP contribution in [0.5, 0.6) is 5.75 Å². The Bertz CT molecular complexity index is 449. The van der Waals surface area contributed by atoms with Gasteiger partial charge in [0.05, 0.1) is 25.4 Å². The molecule has 4 heteroatoms. The Hall–Kier alpha value is -1.26. The number of morpholine rings is 1. The summed E-state index contributed by atoms with van der Waals surface area (Å²) in [5, 5.41) is 10.1. The molecule has 0 amide bonds. The van der Waals surface area contributed by atoms with Crippen LogP contribution in [0.2, 0.25) is 0 Å². The Balaban J connectivity index is 1.95. The molecule has 3 atom stereocenters. The first kappa shape index (κ1) is 12.8. The van der Waals surface area contributed by atoms with Crippen molar-refractivity contribution in [2.75, 3.05) is 25.1 Å². The molecule has 2 aliphatic heterocycles. The average Bonchev–Trinajstić information content (AvgIpc) is 2.76. The van der Waals surface area contributed by atoms with Crippen molar-refractivity contribution in [2.24, 2.45) is 0 Å². The van der Waals surface area contributed by atoms with Crippen LogP contribution in [0.1, 0.15) is 31.4 Å². The predicted molar refractivity (Wildman–Crippen MR) is 73.7 cm³/mol. The van der Waals surface area contributed by atoms with Crippen molar-refractivity contribution in [3.63, 3.8) is 0 Å². The Morgan fingerprint density at radius 2 is 2.00 bits per heavy atom. The van der Waals surface area contributed by atoms with Gasteiger partial charge < -0.3 is 19.5 Å². The van der Waals surface area contributed by atoms with Crippen LogP contribution in [-0.4, -0.2) is 37.5 Å². The fourth-order valence-electron chi connectivity index (χ4n) is 3.22. The summed E-state index contributed by atoms with van der Waals surface area (Å²) in [5.41, 5.74) is 1.96. The first-order chi connectivity index (χ1) is 9.19. The van der Waals surface area contributed by atoms with E-state index in [1.165, 1.54) is 0 Å². The van der Waals surface area contributed by atoms with E-state index >= 15 is 0 Å². The maximum Gasteiger partial charge on any atom is 0.126 e. The molecule has 2 saturated heterocycles. The number of aliphatic hydroxyl groups excluding tert-OH is 1. The number of benzene rings is 1. The fourth-order valence-corrected chi connectivity index (χ4v) is 3.22. The highest BCUT2D eigenvalue weighted by Crippen LogP contribution is 2.37. The van der Waals surface area contributed by atoms with E-state index in [2.05, 4.69) is 11.0 Å². The maximum absolute atomic E-state index is 10.1. The van der Waals surface area contributed by atoms with Gasteiger partial charge in [-0.05, 0) is 31.9 Å². The number of rotatable bonds is 3. The third-order valence-corrected chi connectivity index (χ3v) is 4.07. The van der Waals surface area contributed by atoms with E-state index in [1.54, 1.807) is 14.0 Å². The standard InChI is InChI=1S/C15H21NO3/c1-10(17)15-13(4-3-5-14(15)18-2)16-8-11-6-7-12(9-16)19-11/h3-5,10-12,17H,6-9H2,1-2H3/t10-,11?,12?/m1/s1. The van der Waals surface area contributed by atoms with Crippen LogP contribution < -0.4 is 9.64 Å². The average molecular weight is 263 g/mol. The Morgan fingerprint density at radius 3 is 2.58 bits per heavy atom. The molecule has 0 aromatic heterocycles. The molecule has 0 aliphatic carbocycles. The van der Waals surface area contributed by atoms with Crippen molar-refractivity contribution in [3.8, 4) is 5.75 Å². The molecule has 3 rings (SSSR count). The number of hydrogen-bond donors (Lipinski definition) is 1. The summed E-state index contributed by atoms with van der Waals surface area (Å²) in [6, 6.07) is 5.95. The summed E-state index contributed by atoms with van der Waals surface area (Å²) in [6.07, 6.45) is 2.44. The summed E-state index contributed by atoms with van der Waals surface area (Å²) in [4.78, 5) is 2.33. The lowest BCUT2D eigenvalue weighted by atomic mass is 10.0. The highest BCUT2D eigenvalue weighted by Gasteiger charge is 2.35. The third kappa shape index (κ3) is 2.30. The summed E-state index contributed by atoms with van der Waals surface area (Å²) < 4.78 is 11.3. The predicted octanol–water partition coefficient (Wildman–Crippen LogP) is 2.12. The molecule has 2 aliphatic rings. The molecule has 2 fully saturated rings. The van der Waals surface area contributed by atoms with Crippen LogP contribution in [0.3, 0.4) is 0 Å². The van der Waals surface area contributed by atoms with Gasteiger partial charge in [0.15, 0.2) is 0 Å². The number of aliphatic hydroxyl groups is 1. The number of anilines is 1. The zero-order valence-corrected chi connectivity index (χ0v) is 11.5. The van der Waals surface area contributed by atoms with Crippen molar-refractivity contribution in [1.82, 2.24) is 0 Å². The van der Waals surface area contributed by atoms with E-state index in [0.717, 1.165) is 42.9 Å². The second-order valence-electron chi connectivity index (χ2n) is 5.43. The van der Waals surface area contributed by atoms with Gasteiger partial charge in [-0.1, -0.05) is 6.07 Å². The highest BCUT2D eigenvalue weighted by molar-refractivity contribution is 5.61. The topological polar surface area (TPSA) is 41.9 Å². The number of ether oxygens (including phenoxy) is 2. The van der Waals surface area contributed by atoms with Gasteiger partial charge in [-0.15, -0.1) is 0 Å². The summed E-state index contributed by atoms with van der Waals surface area (Å²) in [6.45, 7) is 3.60. The summed E-state index contributed by atoms with van der Waals surface area (Å²) in [5.74, 6) is 0.756. The van der Waals surface area contributed by atoms with E-state index in [-0.39, 0.29) is 0 Å². The largest absolute Gasteiger partial charge is 0.496 e. The monoisotopic (exact) mass is 263 g/mol. The smallest absolute Gasteiger partial charge is 0.126 e. The molecule has 0 saturated carbocycles. The molecule has 4 nitrogen and oxygen atoms in total. The van der Waals surface area contributed by atoms with Gasteiger partial charge in [0.25, 0.3) is 0 Å². The second kappa shape index (κ2) is 5.02. The minimum absolute atomic E-state index is 0.340. The lowest BCUT2D eigenvalue weighted by Gasteiger charge is -2.35. The Labute approximate surface area is 113 Å². The van der Waals surface area contributed by atoms with Crippen molar-refractivity contribution in [2.45, 2.75) is 38.1 Å². The number of fused-ring (bicyclic) bond motifs is 2. The summed E-state index contributed by atoms with van der Waals surface area (Å²) in [7, 11) is 1.65. The maximum atomic E-state index is 10.1. The van der Waals surface area contributed by atoms with Crippen molar-refractivity contribution in [1.29, 1.82) is 0 Å². The first-order valence-corrected chi connectivity index (χ1v) is 6.94. The van der Waals surface area contributed by atoms with E-state index in [0.29, 0.717) is 12.2 Å². The van der Waals surface area contributed by atoms with E-state index in [4.69, 9.17) is 9.47 Å². The van der Waals surface area contributed by atoms with Crippen molar-refractivity contribution >= 4 is 5.69 Å². The number of methoxy groups -OCH3 is 1. The molecule has 2 unspecified atom stereocenters. The lowest BCUT2D eigenvalue weighted by molar-refractivity contribution is 0.0302. The van der Waals surface area contributed by atoms with Gasteiger partial charge in [-0.2, -0.15) is 0 Å². The molecule has 2 heterocycles. The van der Waals surface area contributed by atoms with Crippen molar-refractivity contribution in [3.05, 3.63) is 23.8 Å². The fraction of sp³-hybridized carbons (Fsp3) is 0.600. The molecule has 1 aromatic rings. The van der Waals surface area contributed by atoms with Crippen LogP contribution >= 0.6 is 0 Å². The Morgan fingerprint density at radius 1 is 1.32 bits per heavy atom. The van der Waals surface area contributed by atoms with Crippen LogP contribution in [0.4, 0.5) is 5.69 Å². The molecule has 2 bridgehead atoms. The molecule has 0 spiro atoms. The van der Waals surface area contributed by atoms with E-state index in [9.17, 15) is 5.11 Å². The van der Waals surface area contributed by atoms with Crippen LogP contribution in [-0.2, 0) is 4.74 Å². The first-order valence-electron chi connectivity index (χ1n) is 6.94. The zero-order chi connectivity index (χ0) is 13.4. The summed E-state index contributed by atoms with van der Waals surface area (Å²) >= 11 is 0. The molecule has 1 aromatic carbocycles. The van der Waals surface area contributed by atoms with Gasteiger partial charge in [0.1, 0.15) is 5.75 Å². The second-order valence-corrected chi connectivity index (χ2v) is 5.43. The van der Waals surface area contributed by atoms with Gasteiger partial charge in [-0.25, -0.2) is 0 Å². The minimum atomic E-state index is -0.536. The van der Waals surface area contributed by atoms with Gasteiger partial charge in [-0.3, -0.25) is 0 Å². The zero-order valence-electron chi connectivity index (χ0n) is 11.5. The quantitative estimate of drug-likeness (QED) is 0.907. The number of nitrogens with zero attached hydrogens (tertiary/aromatic N) is 1. The molecule has 0 radical (unpaired) electrons. The molecule has 19 heavy (non-hydrogen) atoms. The van der Waals surface area contributed by atoms with Gasteiger partial charge >= 0.3 is 0 Å². The van der Waals surface area contributed by atoms with Crippen molar-refractivity contribution < 1.29 is 14.6 Å². The van der Waals surface area contributed by atoms with Gasteiger partial charge in [0.2, 0.25) is 0 Å². The SMILES string of the molecule is COc1cccc(N2CC3CCC(C2)O3)c1[C@@H](C)O. The molecular weight excluding hydrogens is 242 g/mol. The van der Waals surface area contributed by atoms with Crippen LogP contribution in [0, 0.1) is 0 Å². The highest BCUT2D eigenvalue weighted by atomic mass is 16.5. The number of hydrogen-bond acceptors (Lipinski definition) is 4. The van der Waals surface area contributed by atoms with E-state index < -0.39 is 6.10 Å². The molecule has 1 N–H and O–H groups in total. The molecular formula is C15H21NO3. The van der Waals surface area contributed by atoms with Crippen LogP contribution in [0.15, 0.2) is 18.2 Å². The molecule has 104 valence electrons. The lowest BCUT2D eigenvalue weighted by Crippen LogP contribution is -2.43. The van der Waals surface area contributed by atoms with E-state index in [1.807, 2.05) is 12.1 Å². The normalized spacial score (nSPS) is 27.4. The van der Waals surface area contributed by atoms with Crippen LogP contribution in [0.25, 0.3) is 0 Å². The minimum Gasteiger partial charge on any atom is -0.496 e. The third-order valence-electron chi connectivity index (χ3n) is 4.07. The Kier molecular flexibility index (Phi) is 3.37.